The molecule has 0 saturated heterocycles. The highest BCUT2D eigenvalue weighted by Crippen LogP contribution is 2.27. The van der Waals surface area contributed by atoms with Crippen molar-refractivity contribution >= 4 is 28.8 Å². The predicted octanol–water partition coefficient (Wildman–Crippen LogP) is 3.59. The highest BCUT2D eigenvalue weighted by Gasteiger charge is 2.06. The van der Waals surface area contributed by atoms with E-state index in [-0.39, 0.29) is 0 Å². The molecule has 0 aliphatic heterocycles. The number of allylic oxidation sites excluding steroid dienone is 1. The lowest BCUT2D eigenvalue weighted by Crippen LogP contribution is -1.91. The second kappa shape index (κ2) is 7.85. The van der Waals surface area contributed by atoms with Crippen LogP contribution in [0.25, 0.3) is 16.8 Å². The molecule has 2 aromatic rings. The van der Waals surface area contributed by atoms with E-state index in [2.05, 4.69) is 48.6 Å². The topological polar surface area (TPSA) is 74.6 Å². The van der Waals surface area contributed by atoms with Crippen LogP contribution >= 0.6 is 0 Å². The molecule has 0 spiro atoms. The van der Waals surface area contributed by atoms with Gasteiger partial charge in [0.15, 0.2) is 0 Å². The molecule has 0 atom stereocenters. The van der Waals surface area contributed by atoms with Gasteiger partial charge in [-0.15, -0.1) is 0 Å². The summed E-state index contributed by atoms with van der Waals surface area (Å²) in [6, 6.07) is 13.0. The van der Waals surface area contributed by atoms with Crippen molar-refractivity contribution in [1.82, 2.24) is 0 Å². The Kier molecular flexibility index (Phi) is 6.14. The van der Waals surface area contributed by atoms with Crippen molar-refractivity contribution in [3.8, 4) is 0 Å². The van der Waals surface area contributed by atoms with E-state index < -0.39 is 11.9 Å². The normalized spacial score (nSPS) is 10.8. The Balaban J connectivity index is 0.000000234. The Morgan fingerprint density at radius 3 is 2.05 bits per heavy atom. The van der Waals surface area contributed by atoms with Crippen LogP contribution in [-0.2, 0) is 16.0 Å². The molecule has 21 heavy (non-hydrogen) atoms. The van der Waals surface area contributed by atoms with Crippen LogP contribution in [0.2, 0.25) is 0 Å². The van der Waals surface area contributed by atoms with Crippen LogP contribution in [0.4, 0.5) is 0 Å². The molecular formula is C17H18O4. The van der Waals surface area contributed by atoms with Crippen molar-refractivity contribution in [3.63, 3.8) is 0 Å². The van der Waals surface area contributed by atoms with Gasteiger partial charge >= 0.3 is 0 Å². The maximum atomic E-state index is 9.00. The molecule has 110 valence electrons. The molecule has 4 heteroatoms. The smallest absolute Gasteiger partial charge is 0.300 e. The number of rotatable bonds is 0. The van der Waals surface area contributed by atoms with E-state index in [4.69, 9.17) is 19.8 Å². The molecule has 2 aromatic carbocycles. The van der Waals surface area contributed by atoms with E-state index in [0.717, 1.165) is 20.3 Å². The first-order valence-electron chi connectivity index (χ1n) is 6.48. The van der Waals surface area contributed by atoms with Gasteiger partial charge in [0.2, 0.25) is 0 Å². The number of benzene rings is 2. The molecule has 3 rings (SSSR count). The second-order valence-electron chi connectivity index (χ2n) is 4.51. The molecule has 0 radical (unpaired) electrons. The van der Waals surface area contributed by atoms with Gasteiger partial charge in [0.1, 0.15) is 0 Å². The number of carboxylic acids is 2. The van der Waals surface area contributed by atoms with Crippen LogP contribution in [0, 0.1) is 0 Å². The largest absolute Gasteiger partial charge is 0.481 e. The Hall–Kier alpha value is -2.62. The second-order valence-corrected chi connectivity index (χ2v) is 4.51. The number of carboxylic acid groups (broad SMARTS) is 2. The minimum absolute atomic E-state index is 0.833. The summed E-state index contributed by atoms with van der Waals surface area (Å²) in [5.41, 5.74) is 2.81. The molecule has 1 aliphatic carbocycles. The van der Waals surface area contributed by atoms with E-state index in [9.17, 15) is 0 Å². The van der Waals surface area contributed by atoms with E-state index in [1.54, 1.807) is 0 Å². The van der Waals surface area contributed by atoms with Crippen LogP contribution < -0.4 is 0 Å². The first-order valence-corrected chi connectivity index (χ1v) is 6.48. The average molecular weight is 286 g/mol. The van der Waals surface area contributed by atoms with Gasteiger partial charge in [0.05, 0.1) is 0 Å². The van der Waals surface area contributed by atoms with Crippen molar-refractivity contribution in [3.05, 3.63) is 53.6 Å². The Morgan fingerprint density at radius 2 is 1.48 bits per heavy atom. The summed E-state index contributed by atoms with van der Waals surface area (Å²) < 4.78 is 0. The fourth-order valence-corrected chi connectivity index (χ4v) is 2.07. The van der Waals surface area contributed by atoms with E-state index in [1.165, 1.54) is 21.9 Å². The molecule has 1 aliphatic rings. The zero-order valence-electron chi connectivity index (χ0n) is 12.0. The summed E-state index contributed by atoms with van der Waals surface area (Å²) in [6.45, 7) is 2.17. The lowest BCUT2D eigenvalue weighted by atomic mass is 9.93. The standard InChI is InChI=1S/C13H10.2C2H4O2/c1-4-10-6-2-8-12-9-3-7-11(5-1)13(10)12;2*1-2(3)4/h1-8H,9H2;2*1H3,(H,3,4). The summed E-state index contributed by atoms with van der Waals surface area (Å²) in [5, 5.41) is 17.6. The summed E-state index contributed by atoms with van der Waals surface area (Å²) in [6.07, 6.45) is 5.53. The molecule has 0 amide bonds. The lowest BCUT2D eigenvalue weighted by Gasteiger charge is -2.11. The van der Waals surface area contributed by atoms with Gasteiger partial charge in [-0.3, -0.25) is 9.59 Å². The molecule has 0 heterocycles. The minimum atomic E-state index is -0.833. The summed E-state index contributed by atoms with van der Waals surface area (Å²) in [5.74, 6) is -1.67. The molecule has 0 fully saturated rings. The maximum Gasteiger partial charge on any atom is 0.300 e. The Labute approximate surface area is 123 Å². The molecule has 0 bridgehead atoms. The van der Waals surface area contributed by atoms with Gasteiger partial charge < -0.3 is 10.2 Å². The van der Waals surface area contributed by atoms with Gasteiger partial charge in [-0.1, -0.05) is 48.6 Å². The highest BCUT2D eigenvalue weighted by molar-refractivity contribution is 5.94. The molecular weight excluding hydrogens is 268 g/mol. The third-order valence-electron chi connectivity index (χ3n) is 2.66. The van der Waals surface area contributed by atoms with Gasteiger partial charge in [-0.05, 0) is 28.3 Å². The summed E-state index contributed by atoms with van der Waals surface area (Å²) >= 11 is 0. The minimum Gasteiger partial charge on any atom is -0.481 e. The molecule has 0 unspecified atom stereocenters. The van der Waals surface area contributed by atoms with Crippen LogP contribution in [0.3, 0.4) is 0 Å². The zero-order valence-corrected chi connectivity index (χ0v) is 12.0. The van der Waals surface area contributed by atoms with Gasteiger partial charge in [-0.2, -0.15) is 0 Å². The number of carbonyl (C=O) groups is 2. The number of aliphatic carboxylic acids is 2. The zero-order chi connectivity index (χ0) is 15.8. The van der Waals surface area contributed by atoms with Crippen molar-refractivity contribution < 1.29 is 19.8 Å². The predicted molar refractivity (Wildman–Crippen MR) is 83.3 cm³/mol. The summed E-state index contributed by atoms with van der Waals surface area (Å²) in [4.78, 5) is 18.0. The van der Waals surface area contributed by atoms with Gasteiger partial charge in [0.25, 0.3) is 11.9 Å². The lowest BCUT2D eigenvalue weighted by molar-refractivity contribution is -0.135. The Bertz CT molecular complexity index is 646. The molecule has 4 nitrogen and oxygen atoms in total. The molecule has 0 aromatic heterocycles. The first kappa shape index (κ1) is 16.4. The monoisotopic (exact) mass is 286 g/mol. The number of hydrogen-bond donors (Lipinski definition) is 2. The third kappa shape index (κ3) is 5.48. The number of hydrogen-bond acceptors (Lipinski definition) is 2. The van der Waals surface area contributed by atoms with E-state index in [1.807, 2.05) is 0 Å². The average Bonchev–Trinajstić information content (AvgIpc) is 2.38. The van der Waals surface area contributed by atoms with Crippen LogP contribution in [-0.4, -0.2) is 22.2 Å². The van der Waals surface area contributed by atoms with Crippen LogP contribution in [0.1, 0.15) is 25.0 Å². The van der Waals surface area contributed by atoms with E-state index >= 15 is 0 Å². The van der Waals surface area contributed by atoms with Gasteiger partial charge in [-0.25, -0.2) is 0 Å². The quantitative estimate of drug-likeness (QED) is 0.776. The Morgan fingerprint density at radius 1 is 0.952 bits per heavy atom. The SMILES string of the molecule is C1=Cc2cccc3cccc(c23)C1.CC(=O)O.CC(=O)O. The molecule has 2 N–H and O–H groups in total. The van der Waals surface area contributed by atoms with Crippen LogP contribution in [0.5, 0.6) is 0 Å². The highest BCUT2D eigenvalue weighted by atomic mass is 16.4. The van der Waals surface area contributed by atoms with Crippen LogP contribution in [0.15, 0.2) is 42.5 Å². The van der Waals surface area contributed by atoms with E-state index in [0.29, 0.717) is 0 Å². The van der Waals surface area contributed by atoms with Crippen molar-refractivity contribution in [2.24, 2.45) is 0 Å². The van der Waals surface area contributed by atoms with Gasteiger partial charge in [0, 0.05) is 13.8 Å². The van der Waals surface area contributed by atoms with Crippen molar-refractivity contribution in [2.75, 3.05) is 0 Å². The van der Waals surface area contributed by atoms with Crippen molar-refractivity contribution in [1.29, 1.82) is 0 Å². The summed E-state index contributed by atoms with van der Waals surface area (Å²) in [7, 11) is 0. The fourth-order valence-electron chi connectivity index (χ4n) is 2.07. The first-order chi connectivity index (χ1) is 9.91. The van der Waals surface area contributed by atoms with Crippen molar-refractivity contribution in [2.45, 2.75) is 20.3 Å². The molecule has 0 saturated carbocycles. The maximum absolute atomic E-state index is 9.00. The third-order valence-corrected chi connectivity index (χ3v) is 2.66. The fraction of sp³-hybridized carbons (Fsp3) is 0.176.